The molecule has 1 aromatic rings. The third-order valence-corrected chi connectivity index (χ3v) is 2.21. The number of alkyl halides is 4. The van der Waals surface area contributed by atoms with Crippen LogP contribution in [0.1, 0.15) is 11.1 Å². The zero-order valence-electron chi connectivity index (χ0n) is 8.36. The first-order chi connectivity index (χ1) is 7.36. The lowest BCUT2D eigenvalue weighted by atomic mass is 10.1. The van der Waals surface area contributed by atoms with Crippen LogP contribution in [0.2, 0.25) is 0 Å². The maximum absolute atomic E-state index is 12.6. The third-order valence-electron chi connectivity index (χ3n) is 1.96. The first-order valence-corrected chi connectivity index (χ1v) is 4.92. The van der Waals surface area contributed by atoms with Crippen LogP contribution in [-0.4, -0.2) is 11.8 Å². The number of rotatable bonds is 2. The zero-order valence-corrected chi connectivity index (χ0v) is 9.12. The van der Waals surface area contributed by atoms with Gasteiger partial charge in [0.2, 0.25) is 5.91 Å². The highest BCUT2D eigenvalue weighted by Crippen LogP contribution is 2.36. The Morgan fingerprint density at radius 1 is 1.44 bits per heavy atom. The number of nitrogens with one attached hydrogen (secondary N) is 1. The van der Waals surface area contributed by atoms with Crippen molar-refractivity contribution >= 4 is 23.2 Å². The second kappa shape index (κ2) is 4.74. The second-order valence-electron chi connectivity index (χ2n) is 3.18. The number of anilines is 1. The minimum Gasteiger partial charge on any atom is -0.324 e. The van der Waals surface area contributed by atoms with Crippen molar-refractivity contribution < 1.29 is 18.0 Å². The predicted octanol–water partition coefficient (Wildman–Crippen LogP) is 3.19. The van der Waals surface area contributed by atoms with Gasteiger partial charge >= 0.3 is 6.18 Å². The van der Waals surface area contributed by atoms with Crippen LogP contribution in [-0.2, 0) is 11.0 Å². The SMILES string of the molecule is Cc1cccc(C(F)(F)F)c1NC(=O)CCl. The van der Waals surface area contributed by atoms with Crippen molar-refractivity contribution in [1.82, 2.24) is 0 Å². The largest absolute Gasteiger partial charge is 0.418 e. The van der Waals surface area contributed by atoms with Crippen molar-refractivity contribution in [3.63, 3.8) is 0 Å². The minimum absolute atomic E-state index is 0.236. The number of aryl methyl sites for hydroxylation is 1. The molecule has 1 amide bonds. The Bertz CT molecular complexity index is 404. The van der Waals surface area contributed by atoms with E-state index in [4.69, 9.17) is 11.6 Å². The molecule has 0 saturated carbocycles. The van der Waals surface area contributed by atoms with Crippen LogP contribution in [0.4, 0.5) is 18.9 Å². The van der Waals surface area contributed by atoms with Gasteiger partial charge in [0.15, 0.2) is 0 Å². The molecule has 0 fully saturated rings. The molecular weight excluding hydrogens is 243 g/mol. The molecule has 88 valence electrons. The Balaban J connectivity index is 3.19. The van der Waals surface area contributed by atoms with E-state index in [0.717, 1.165) is 6.07 Å². The molecule has 16 heavy (non-hydrogen) atoms. The Morgan fingerprint density at radius 3 is 2.56 bits per heavy atom. The van der Waals surface area contributed by atoms with Gasteiger partial charge in [0, 0.05) is 0 Å². The highest BCUT2D eigenvalue weighted by molar-refractivity contribution is 6.29. The van der Waals surface area contributed by atoms with Crippen LogP contribution in [0.15, 0.2) is 18.2 Å². The normalized spacial score (nSPS) is 11.3. The van der Waals surface area contributed by atoms with Crippen molar-refractivity contribution in [3.8, 4) is 0 Å². The summed E-state index contributed by atoms with van der Waals surface area (Å²) in [7, 11) is 0. The molecule has 0 aliphatic rings. The number of hydrogen-bond acceptors (Lipinski definition) is 1. The minimum atomic E-state index is -4.50. The summed E-state index contributed by atoms with van der Waals surface area (Å²) in [4.78, 5) is 11.0. The molecule has 1 rings (SSSR count). The summed E-state index contributed by atoms with van der Waals surface area (Å²) in [6.07, 6.45) is -4.50. The number of benzene rings is 1. The molecule has 0 heterocycles. The first kappa shape index (κ1) is 12.8. The lowest BCUT2D eigenvalue weighted by molar-refractivity contribution is -0.137. The van der Waals surface area contributed by atoms with Crippen molar-refractivity contribution in [2.45, 2.75) is 13.1 Å². The van der Waals surface area contributed by atoms with E-state index in [9.17, 15) is 18.0 Å². The van der Waals surface area contributed by atoms with E-state index in [1.807, 2.05) is 0 Å². The molecule has 2 nitrogen and oxygen atoms in total. The van der Waals surface area contributed by atoms with E-state index in [0.29, 0.717) is 5.56 Å². The average Bonchev–Trinajstić information content (AvgIpc) is 2.19. The molecular formula is C10H9ClF3NO. The molecule has 6 heteroatoms. The van der Waals surface area contributed by atoms with E-state index in [1.165, 1.54) is 19.1 Å². The lowest BCUT2D eigenvalue weighted by Gasteiger charge is -2.15. The molecule has 0 unspecified atom stereocenters. The van der Waals surface area contributed by atoms with E-state index >= 15 is 0 Å². The van der Waals surface area contributed by atoms with E-state index in [1.54, 1.807) is 0 Å². The fourth-order valence-electron chi connectivity index (χ4n) is 1.24. The highest BCUT2D eigenvalue weighted by Gasteiger charge is 2.34. The van der Waals surface area contributed by atoms with E-state index in [-0.39, 0.29) is 11.6 Å². The van der Waals surface area contributed by atoms with Gasteiger partial charge in [0.1, 0.15) is 5.88 Å². The van der Waals surface area contributed by atoms with Crippen molar-refractivity contribution in [2.24, 2.45) is 0 Å². The smallest absolute Gasteiger partial charge is 0.324 e. The standard InChI is InChI=1S/C10H9ClF3NO/c1-6-3-2-4-7(10(12,13)14)9(6)15-8(16)5-11/h2-4H,5H2,1H3,(H,15,16). The summed E-state index contributed by atoms with van der Waals surface area (Å²) in [5.74, 6) is -1.05. The maximum Gasteiger partial charge on any atom is 0.418 e. The van der Waals surface area contributed by atoms with Crippen LogP contribution in [0.5, 0.6) is 0 Å². The zero-order chi connectivity index (χ0) is 12.3. The monoisotopic (exact) mass is 251 g/mol. The molecule has 0 aliphatic carbocycles. The summed E-state index contributed by atoms with van der Waals surface area (Å²) >= 11 is 5.23. The fourth-order valence-corrected chi connectivity index (χ4v) is 1.31. The lowest BCUT2D eigenvalue weighted by Crippen LogP contribution is -2.18. The first-order valence-electron chi connectivity index (χ1n) is 4.39. The maximum atomic E-state index is 12.6. The fraction of sp³-hybridized carbons (Fsp3) is 0.300. The molecule has 0 bridgehead atoms. The summed E-state index contributed by atoms with van der Waals surface area (Å²) in [5.41, 5.74) is -0.764. The summed E-state index contributed by atoms with van der Waals surface area (Å²) in [6.45, 7) is 1.49. The number of carbonyl (C=O) groups is 1. The van der Waals surface area contributed by atoms with Crippen LogP contribution >= 0.6 is 11.6 Å². The number of para-hydroxylation sites is 1. The molecule has 0 saturated heterocycles. The van der Waals surface area contributed by atoms with Crippen LogP contribution in [0.3, 0.4) is 0 Å². The van der Waals surface area contributed by atoms with E-state index < -0.39 is 17.6 Å². The van der Waals surface area contributed by atoms with Gasteiger partial charge in [-0.1, -0.05) is 12.1 Å². The van der Waals surface area contributed by atoms with Crippen molar-refractivity contribution in [1.29, 1.82) is 0 Å². The Labute approximate surface area is 95.4 Å². The molecule has 0 spiro atoms. The average molecular weight is 252 g/mol. The Hall–Kier alpha value is -1.23. The molecule has 0 aromatic heterocycles. The predicted molar refractivity (Wildman–Crippen MR) is 55.5 cm³/mol. The number of carbonyl (C=O) groups excluding carboxylic acids is 1. The number of halogens is 4. The summed E-state index contributed by atoms with van der Waals surface area (Å²) in [6, 6.07) is 3.68. The third kappa shape index (κ3) is 2.88. The Kier molecular flexibility index (Phi) is 3.80. The van der Waals surface area contributed by atoms with Crippen molar-refractivity contribution in [3.05, 3.63) is 29.3 Å². The van der Waals surface area contributed by atoms with Crippen molar-refractivity contribution in [2.75, 3.05) is 11.2 Å². The van der Waals surface area contributed by atoms with Gasteiger partial charge in [-0.05, 0) is 18.6 Å². The number of amides is 1. The van der Waals surface area contributed by atoms with Gasteiger partial charge < -0.3 is 5.32 Å². The number of hydrogen-bond donors (Lipinski definition) is 1. The summed E-state index contributed by atoms with van der Waals surface area (Å²) in [5, 5.41) is 2.14. The van der Waals surface area contributed by atoms with Gasteiger partial charge in [-0.2, -0.15) is 13.2 Å². The van der Waals surface area contributed by atoms with Gasteiger partial charge in [-0.3, -0.25) is 4.79 Å². The molecule has 1 aromatic carbocycles. The van der Waals surface area contributed by atoms with Gasteiger partial charge in [-0.25, -0.2) is 0 Å². The van der Waals surface area contributed by atoms with Gasteiger partial charge in [0.05, 0.1) is 11.3 Å². The molecule has 0 atom stereocenters. The van der Waals surface area contributed by atoms with Gasteiger partial charge in [0.25, 0.3) is 0 Å². The summed E-state index contributed by atoms with van der Waals surface area (Å²) < 4.78 is 37.8. The van der Waals surface area contributed by atoms with E-state index in [2.05, 4.69) is 5.32 Å². The molecule has 0 aliphatic heterocycles. The quantitative estimate of drug-likeness (QED) is 0.804. The topological polar surface area (TPSA) is 29.1 Å². The molecule has 1 N–H and O–H groups in total. The second-order valence-corrected chi connectivity index (χ2v) is 3.44. The Morgan fingerprint density at radius 2 is 2.06 bits per heavy atom. The van der Waals surface area contributed by atoms with Crippen LogP contribution < -0.4 is 5.32 Å². The van der Waals surface area contributed by atoms with Crippen LogP contribution in [0, 0.1) is 6.92 Å². The highest BCUT2D eigenvalue weighted by atomic mass is 35.5. The molecule has 0 radical (unpaired) electrons. The van der Waals surface area contributed by atoms with Gasteiger partial charge in [-0.15, -0.1) is 11.6 Å². The van der Waals surface area contributed by atoms with Crippen LogP contribution in [0.25, 0.3) is 0 Å².